The molecule has 0 bridgehead atoms. The van der Waals surface area contributed by atoms with E-state index in [1.54, 1.807) is 9.80 Å². The standard InChI is InChI=1S/C32H14N10/c33-15-23-25(17-35)39-31-29(37-23)41(27-13-5-9-19-7-1-3-11-21(19)27)30-32(40-26(18-36)24(16-34)38-30)42(31)28-14-6-10-20-8-2-4-12-22(20)28/h1-14H. The van der Waals surface area contributed by atoms with Crippen molar-refractivity contribution in [2.45, 2.75) is 0 Å². The first-order valence-corrected chi connectivity index (χ1v) is 12.7. The summed E-state index contributed by atoms with van der Waals surface area (Å²) in [7, 11) is 0. The van der Waals surface area contributed by atoms with Gasteiger partial charge in [0.25, 0.3) is 0 Å². The molecule has 1 aliphatic heterocycles. The first-order chi connectivity index (χ1) is 20.7. The van der Waals surface area contributed by atoms with E-state index in [0.717, 1.165) is 21.5 Å². The van der Waals surface area contributed by atoms with Crippen LogP contribution in [0.25, 0.3) is 21.5 Å². The highest BCUT2D eigenvalue weighted by Crippen LogP contribution is 2.53. The predicted octanol–water partition coefficient (Wildman–Crippen LogP) is 6.31. The normalized spacial score (nSPS) is 11.6. The molecule has 0 amide bonds. The number of hydrogen-bond acceptors (Lipinski definition) is 10. The molecular weight excluding hydrogens is 524 g/mol. The number of aromatic nitrogens is 4. The largest absolute Gasteiger partial charge is 0.272 e. The van der Waals surface area contributed by atoms with Gasteiger partial charge in [-0.25, -0.2) is 19.9 Å². The predicted molar refractivity (Wildman–Crippen MR) is 154 cm³/mol. The van der Waals surface area contributed by atoms with E-state index in [4.69, 9.17) is 0 Å². The van der Waals surface area contributed by atoms with E-state index in [9.17, 15) is 21.0 Å². The summed E-state index contributed by atoms with van der Waals surface area (Å²) in [4.78, 5) is 21.9. The minimum absolute atomic E-state index is 0.162. The van der Waals surface area contributed by atoms with Crippen LogP contribution >= 0.6 is 0 Å². The van der Waals surface area contributed by atoms with Gasteiger partial charge in [-0.2, -0.15) is 21.0 Å². The number of hydrogen-bond donors (Lipinski definition) is 0. The van der Waals surface area contributed by atoms with Gasteiger partial charge in [-0.05, 0) is 22.9 Å². The number of nitrogens with zero attached hydrogens (tertiary/aromatic N) is 10. The zero-order valence-corrected chi connectivity index (χ0v) is 21.6. The molecule has 0 saturated heterocycles. The average molecular weight is 539 g/mol. The molecular formula is C32H14N10. The molecule has 10 nitrogen and oxygen atoms in total. The molecule has 1 aliphatic rings. The number of rotatable bonds is 2. The maximum absolute atomic E-state index is 9.91. The summed E-state index contributed by atoms with van der Waals surface area (Å²) in [5.74, 6) is 0.853. The van der Waals surface area contributed by atoms with Crippen molar-refractivity contribution in [1.29, 1.82) is 21.0 Å². The third kappa shape index (κ3) is 3.48. The number of anilines is 6. The summed E-state index contributed by atoms with van der Waals surface area (Å²) in [6.45, 7) is 0. The van der Waals surface area contributed by atoms with Crippen molar-refractivity contribution in [3.05, 3.63) is 108 Å². The smallest absolute Gasteiger partial charge is 0.184 e. The number of nitriles is 4. The van der Waals surface area contributed by atoms with Gasteiger partial charge >= 0.3 is 0 Å². The highest BCUT2D eigenvalue weighted by atomic mass is 15.4. The Hall–Kier alpha value is -6.88. The van der Waals surface area contributed by atoms with E-state index in [0.29, 0.717) is 11.4 Å². The van der Waals surface area contributed by atoms with Crippen LogP contribution in [0.2, 0.25) is 0 Å². The van der Waals surface area contributed by atoms with Gasteiger partial charge in [0.2, 0.25) is 0 Å². The fourth-order valence-electron chi connectivity index (χ4n) is 5.21. The highest BCUT2D eigenvalue weighted by Gasteiger charge is 2.38. The fourth-order valence-corrected chi connectivity index (χ4v) is 5.21. The lowest BCUT2D eigenvalue weighted by Crippen LogP contribution is -2.29. The lowest BCUT2D eigenvalue weighted by atomic mass is 10.1. The zero-order valence-electron chi connectivity index (χ0n) is 21.6. The van der Waals surface area contributed by atoms with E-state index >= 15 is 0 Å². The van der Waals surface area contributed by atoms with Crippen LogP contribution in [0.15, 0.2) is 84.9 Å². The molecule has 42 heavy (non-hydrogen) atoms. The minimum Gasteiger partial charge on any atom is -0.272 e. The molecule has 0 spiro atoms. The van der Waals surface area contributed by atoms with Gasteiger partial charge in [-0.1, -0.05) is 72.8 Å². The first-order valence-electron chi connectivity index (χ1n) is 12.7. The Morgan fingerprint density at radius 1 is 0.405 bits per heavy atom. The van der Waals surface area contributed by atoms with Gasteiger partial charge in [0.1, 0.15) is 24.3 Å². The van der Waals surface area contributed by atoms with Crippen molar-refractivity contribution in [3.63, 3.8) is 0 Å². The first kappa shape index (κ1) is 24.2. The molecule has 3 heterocycles. The van der Waals surface area contributed by atoms with Crippen LogP contribution in [0.5, 0.6) is 0 Å². The SMILES string of the molecule is N#Cc1nc2c(nc1C#N)N(c1cccc3ccccc13)c1nc(C#N)c(C#N)nc1N2c1cccc2ccccc12. The van der Waals surface area contributed by atoms with E-state index in [1.165, 1.54) is 0 Å². The van der Waals surface area contributed by atoms with Crippen LogP contribution in [0.3, 0.4) is 0 Å². The molecule has 0 unspecified atom stereocenters. The van der Waals surface area contributed by atoms with Gasteiger partial charge in [0.05, 0.1) is 11.4 Å². The van der Waals surface area contributed by atoms with Gasteiger partial charge in [0.15, 0.2) is 46.0 Å². The van der Waals surface area contributed by atoms with Crippen LogP contribution in [0.1, 0.15) is 22.8 Å². The van der Waals surface area contributed by atoms with E-state index < -0.39 is 0 Å². The van der Waals surface area contributed by atoms with Gasteiger partial charge < -0.3 is 0 Å². The Morgan fingerprint density at radius 3 is 1.05 bits per heavy atom. The maximum atomic E-state index is 9.91. The van der Waals surface area contributed by atoms with Crippen LogP contribution in [-0.2, 0) is 0 Å². The van der Waals surface area contributed by atoms with Crippen molar-refractivity contribution in [1.82, 2.24) is 19.9 Å². The molecule has 0 saturated carbocycles. The van der Waals surface area contributed by atoms with Crippen molar-refractivity contribution < 1.29 is 0 Å². The average Bonchev–Trinajstić information content (AvgIpc) is 3.05. The minimum atomic E-state index is -0.162. The monoisotopic (exact) mass is 538 g/mol. The second-order valence-electron chi connectivity index (χ2n) is 9.25. The Kier molecular flexibility index (Phi) is 5.41. The van der Waals surface area contributed by atoms with Crippen molar-refractivity contribution in [2.24, 2.45) is 0 Å². The van der Waals surface area contributed by atoms with E-state index in [-0.39, 0.29) is 46.0 Å². The lowest BCUT2D eigenvalue weighted by Gasteiger charge is -2.37. The molecule has 7 rings (SSSR count). The molecule has 10 heteroatoms. The molecule has 0 fully saturated rings. The van der Waals surface area contributed by atoms with E-state index in [2.05, 4.69) is 19.9 Å². The van der Waals surface area contributed by atoms with Gasteiger partial charge in [-0.3, -0.25) is 9.80 Å². The fraction of sp³-hybridized carbons (Fsp3) is 0. The number of benzene rings is 4. The summed E-state index contributed by atoms with van der Waals surface area (Å²) in [6, 6.07) is 34.8. The summed E-state index contributed by atoms with van der Waals surface area (Å²) in [6.07, 6.45) is 0. The van der Waals surface area contributed by atoms with Crippen molar-refractivity contribution in [2.75, 3.05) is 9.80 Å². The van der Waals surface area contributed by atoms with Crippen molar-refractivity contribution >= 4 is 56.2 Å². The highest BCUT2D eigenvalue weighted by molar-refractivity contribution is 6.07. The summed E-state index contributed by atoms with van der Waals surface area (Å²) < 4.78 is 0. The maximum Gasteiger partial charge on any atom is 0.184 e. The third-order valence-electron chi connectivity index (χ3n) is 7.01. The van der Waals surface area contributed by atoms with Crippen LogP contribution < -0.4 is 9.80 Å². The van der Waals surface area contributed by atoms with Gasteiger partial charge in [-0.15, -0.1) is 0 Å². The summed E-state index contributed by atoms with van der Waals surface area (Å²) in [5.41, 5.74) is 0.627. The molecule has 0 atom stereocenters. The molecule has 192 valence electrons. The molecule has 2 aromatic heterocycles. The topological polar surface area (TPSA) is 153 Å². The molecule has 6 aromatic rings. The molecule has 0 N–H and O–H groups in total. The quantitative estimate of drug-likeness (QED) is 0.244. The van der Waals surface area contributed by atoms with Crippen LogP contribution in [0.4, 0.5) is 34.6 Å². The molecule has 0 aliphatic carbocycles. The van der Waals surface area contributed by atoms with Crippen LogP contribution in [-0.4, -0.2) is 19.9 Å². The Labute approximate surface area is 238 Å². The summed E-state index contributed by atoms with van der Waals surface area (Å²) >= 11 is 0. The van der Waals surface area contributed by atoms with Crippen LogP contribution in [0, 0.1) is 45.3 Å². The van der Waals surface area contributed by atoms with Crippen molar-refractivity contribution in [3.8, 4) is 24.3 Å². The van der Waals surface area contributed by atoms with E-state index in [1.807, 2.05) is 109 Å². The second-order valence-corrected chi connectivity index (χ2v) is 9.25. The Bertz CT molecular complexity index is 2030. The summed E-state index contributed by atoms with van der Waals surface area (Å²) in [5, 5.41) is 43.2. The number of fused-ring (bicyclic) bond motifs is 4. The molecule has 0 radical (unpaired) electrons. The lowest BCUT2D eigenvalue weighted by molar-refractivity contribution is 0.968. The Morgan fingerprint density at radius 2 is 0.714 bits per heavy atom. The Balaban J connectivity index is 1.66. The molecule has 4 aromatic carbocycles. The third-order valence-corrected chi connectivity index (χ3v) is 7.01. The second kappa shape index (κ2) is 9.39. The van der Waals surface area contributed by atoms with Gasteiger partial charge in [0, 0.05) is 10.8 Å². The zero-order chi connectivity index (χ0) is 28.8.